The third kappa shape index (κ3) is 4.81. The van der Waals surface area contributed by atoms with Crippen LogP contribution in [0.4, 0.5) is 10.3 Å². The van der Waals surface area contributed by atoms with E-state index >= 15 is 0 Å². The molecule has 2 aliphatic rings. The Kier molecular flexibility index (Phi) is 6.41. The first kappa shape index (κ1) is 21.4. The number of hydrogen-bond acceptors (Lipinski definition) is 6. The molecule has 0 spiro atoms. The van der Waals surface area contributed by atoms with Gasteiger partial charge in [0.05, 0.1) is 17.1 Å². The predicted octanol–water partition coefficient (Wildman–Crippen LogP) is 4.79. The summed E-state index contributed by atoms with van der Waals surface area (Å²) >= 11 is 2.00. The Morgan fingerprint density at radius 1 is 1.03 bits per heavy atom. The molecule has 6 nitrogen and oxygen atoms in total. The number of nitrogens with zero attached hydrogens (tertiary/aromatic N) is 4. The summed E-state index contributed by atoms with van der Waals surface area (Å²) in [4.78, 5) is 20.2. The highest BCUT2D eigenvalue weighted by Crippen LogP contribution is 2.34. The molecule has 0 amide bonds. The molecule has 2 aliphatic heterocycles. The minimum atomic E-state index is -0.249. The first-order valence-electron chi connectivity index (χ1n) is 11.4. The van der Waals surface area contributed by atoms with Crippen molar-refractivity contribution in [3.63, 3.8) is 0 Å². The lowest BCUT2D eigenvalue weighted by molar-refractivity contribution is 0.251. The van der Waals surface area contributed by atoms with Gasteiger partial charge in [-0.1, -0.05) is 0 Å². The van der Waals surface area contributed by atoms with Gasteiger partial charge in [-0.15, -0.1) is 0 Å². The van der Waals surface area contributed by atoms with Crippen LogP contribution in [0.5, 0.6) is 0 Å². The third-order valence-electron chi connectivity index (χ3n) is 6.41. The molecular formula is C24H29FN6S. The maximum absolute atomic E-state index is 13.6. The number of hydrogen-bond donors (Lipinski definition) is 2. The van der Waals surface area contributed by atoms with Crippen molar-refractivity contribution in [2.75, 3.05) is 37.0 Å². The number of aromatic amines is 1. The Morgan fingerprint density at radius 3 is 2.53 bits per heavy atom. The van der Waals surface area contributed by atoms with Gasteiger partial charge >= 0.3 is 0 Å². The van der Waals surface area contributed by atoms with E-state index in [0.717, 1.165) is 67.2 Å². The van der Waals surface area contributed by atoms with Crippen LogP contribution in [0.1, 0.15) is 37.4 Å². The highest BCUT2D eigenvalue weighted by atomic mass is 32.2. The Bertz CT molecular complexity index is 1040. The average molecular weight is 453 g/mol. The van der Waals surface area contributed by atoms with Gasteiger partial charge < -0.3 is 15.2 Å². The highest BCUT2D eigenvalue weighted by Gasteiger charge is 2.24. The third-order valence-corrected chi connectivity index (χ3v) is 7.46. The molecule has 0 saturated carbocycles. The molecule has 32 heavy (non-hydrogen) atoms. The largest absolute Gasteiger partial charge is 0.351 e. The number of aromatic nitrogens is 4. The number of rotatable bonds is 5. The summed E-state index contributed by atoms with van der Waals surface area (Å²) in [7, 11) is 2.16. The van der Waals surface area contributed by atoms with E-state index in [4.69, 9.17) is 9.97 Å². The van der Waals surface area contributed by atoms with E-state index in [1.165, 1.54) is 23.6 Å². The summed E-state index contributed by atoms with van der Waals surface area (Å²) in [6.45, 7) is 2.13. The van der Waals surface area contributed by atoms with Crippen molar-refractivity contribution in [2.24, 2.45) is 0 Å². The summed E-state index contributed by atoms with van der Waals surface area (Å²) in [5.41, 5.74) is 3.38. The van der Waals surface area contributed by atoms with E-state index < -0.39 is 0 Å². The Balaban J connectivity index is 1.49. The van der Waals surface area contributed by atoms with Crippen molar-refractivity contribution in [1.82, 2.24) is 24.8 Å². The molecule has 4 heterocycles. The molecule has 0 aliphatic carbocycles. The molecule has 5 rings (SSSR count). The Morgan fingerprint density at radius 2 is 1.78 bits per heavy atom. The van der Waals surface area contributed by atoms with Gasteiger partial charge in [0.15, 0.2) is 0 Å². The average Bonchev–Trinajstić information content (AvgIpc) is 3.26. The Hall–Kier alpha value is -2.45. The number of halogens is 1. The van der Waals surface area contributed by atoms with Gasteiger partial charge in [0.25, 0.3) is 0 Å². The molecule has 1 aromatic carbocycles. The number of piperidine rings is 1. The van der Waals surface area contributed by atoms with Crippen molar-refractivity contribution in [3.05, 3.63) is 48.2 Å². The molecule has 0 radical (unpaired) electrons. The fourth-order valence-electron chi connectivity index (χ4n) is 4.46. The van der Waals surface area contributed by atoms with E-state index in [0.29, 0.717) is 17.9 Å². The van der Waals surface area contributed by atoms with Crippen LogP contribution in [0.15, 0.2) is 36.5 Å². The molecular weight excluding hydrogens is 423 g/mol. The monoisotopic (exact) mass is 452 g/mol. The fraction of sp³-hybridized carbons (Fsp3) is 0.458. The number of benzene rings is 1. The minimum absolute atomic E-state index is 0.249. The molecule has 2 saturated heterocycles. The smallest absolute Gasteiger partial charge is 0.223 e. The topological polar surface area (TPSA) is 69.7 Å². The zero-order chi connectivity index (χ0) is 21.9. The van der Waals surface area contributed by atoms with Crippen LogP contribution in [0.2, 0.25) is 0 Å². The molecule has 2 fully saturated rings. The summed E-state index contributed by atoms with van der Waals surface area (Å²) in [5.74, 6) is 4.13. The summed E-state index contributed by atoms with van der Waals surface area (Å²) < 4.78 is 13.6. The lowest BCUT2D eigenvalue weighted by atomic mass is 9.96. The number of nitrogens with one attached hydrogen (secondary N) is 2. The molecule has 0 unspecified atom stereocenters. The van der Waals surface area contributed by atoms with Crippen LogP contribution in [-0.2, 0) is 0 Å². The SMILES string of the molecule is CN1CCC(c2nc(-c3ccc(F)cc3)c(-c3ccnc(NC4CCSCC4)n3)[nH]2)CC1. The lowest BCUT2D eigenvalue weighted by Gasteiger charge is -2.27. The van der Waals surface area contributed by atoms with Crippen LogP contribution in [-0.4, -0.2) is 62.5 Å². The second-order valence-corrected chi connectivity index (χ2v) is 9.95. The van der Waals surface area contributed by atoms with Crippen LogP contribution in [0.3, 0.4) is 0 Å². The molecule has 2 aromatic heterocycles. The van der Waals surface area contributed by atoms with Gasteiger partial charge in [0.1, 0.15) is 11.6 Å². The van der Waals surface area contributed by atoms with Gasteiger partial charge in [0, 0.05) is 23.7 Å². The van der Waals surface area contributed by atoms with E-state index in [-0.39, 0.29) is 5.82 Å². The fourth-order valence-corrected chi connectivity index (χ4v) is 5.57. The van der Waals surface area contributed by atoms with E-state index in [9.17, 15) is 4.39 Å². The van der Waals surface area contributed by atoms with Gasteiger partial charge in [0.2, 0.25) is 5.95 Å². The molecule has 168 valence electrons. The quantitative estimate of drug-likeness (QED) is 0.580. The normalized spacial score (nSPS) is 18.7. The highest BCUT2D eigenvalue weighted by molar-refractivity contribution is 7.99. The Labute approximate surface area is 192 Å². The van der Waals surface area contributed by atoms with Gasteiger partial charge in [-0.3, -0.25) is 0 Å². The van der Waals surface area contributed by atoms with E-state index in [1.807, 2.05) is 17.8 Å². The number of thioether (sulfide) groups is 1. The first-order valence-corrected chi connectivity index (χ1v) is 12.5. The lowest BCUT2D eigenvalue weighted by Crippen LogP contribution is -2.29. The summed E-state index contributed by atoms with van der Waals surface area (Å²) in [5, 5.41) is 3.51. The second-order valence-electron chi connectivity index (χ2n) is 8.73. The number of anilines is 1. The zero-order valence-electron chi connectivity index (χ0n) is 18.4. The number of imidazole rings is 1. The second kappa shape index (κ2) is 9.58. The molecule has 8 heteroatoms. The number of H-pyrrole nitrogens is 1. The predicted molar refractivity (Wildman–Crippen MR) is 128 cm³/mol. The molecule has 0 atom stereocenters. The van der Waals surface area contributed by atoms with Crippen molar-refractivity contribution in [3.8, 4) is 22.6 Å². The van der Waals surface area contributed by atoms with Crippen molar-refractivity contribution in [1.29, 1.82) is 0 Å². The van der Waals surface area contributed by atoms with E-state index in [1.54, 1.807) is 18.3 Å². The maximum Gasteiger partial charge on any atom is 0.223 e. The van der Waals surface area contributed by atoms with Crippen LogP contribution >= 0.6 is 11.8 Å². The van der Waals surface area contributed by atoms with Crippen molar-refractivity contribution in [2.45, 2.75) is 37.6 Å². The van der Waals surface area contributed by atoms with Crippen molar-refractivity contribution < 1.29 is 4.39 Å². The standard InChI is InChI=1S/C24H29FN6S/c1-31-12-7-17(8-13-31)23-29-21(16-2-4-18(25)5-3-16)22(30-23)20-6-11-26-24(28-20)27-19-9-14-32-15-10-19/h2-6,11,17,19H,7-10,12-15H2,1H3,(H,29,30)(H,26,27,28). The van der Waals surface area contributed by atoms with Crippen LogP contribution in [0.25, 0.3) is 22.6 Å². The summed E-state index contributed by atoms with van der Waals surface area (Å²) in [6.07, 6.45) is 6.20. The molecule has 2 N–H and O–H groups in total. The van der Waals surface area contributed by atoms with Crippen molar-refractivity contribution >= 4 is 17.7 Å². The van der Waals surface area contributed by atoms with Gasteiger partial charge in [-0.25, -0.2) is 19.3 Å². The van der Waals surface area contributed by atoms with E-state index in [2.05, 4.69) is 27.2 Å². The maximum atomic E-state index is 13.6. The molecule has 3 aromatic rings. The molecule has 0 bridgehead atoms. The van der Waals surface area contributed by atoms with Crippen LogP contribution in [0, 0.1) is 5.82 Å². The van der Waals surface area contributed by atoms with Crippen LogP contribution < -0.4 is 5.32 Å². The number of likely N-dealkylation sites (tertiary alicyclic amines) is 1. The summed E-state index contributed by atoms with van der Waals surface area (Å²) in [6, 6.07) is 8.87. The first-order chi connectivity index (χ1) is 15.7. The van der Waals surface area contributed by atoms with Gasteiger partial charge in [-0.2, -0.15) is 11.8 Å². The minimum Gasteiger partial charge on any atom is -0.351 e. The van der Waals surface area contributed by atoms with Gasteiger partial charge in [-0.05, 0) is 87.7 Å². The zero-order valence-corrected chi connectivity index (χ0v) is 19.2.